The zero-order valence-electron chi connectivity index (χ0n) is 15.6. The molecule has 1 aromatic rings. The molecule has 1 unspecified atom stereocenters. The minimum atomic E-state index is 0.107. The van der Waals surface area contributed by atoms with Crippen LogP contribution in [-0.4, -0.2) is 62.1 Å². The summed E-state index contributed by atoms with van der Waals surface area (Å²) in [5.41, 5.74) is 1.00. The molecule has 0 bridgehead atoms. The minimum Gasteiger partial charge on any atom is -0.381 e. The van der Waals surface area contributed by atoms with Crippen molar-refractivity contribution < 1.29 is 9.53 Å². The molecule has 5 heteroatoms. The van der Waals surface area contributed by atoms with Crippen LogP contribution in [0.4, 0.5) is 0 Å². The average molecular weight is 377 g/mol. The van der Waals surface area contributed by atoms with Crippen molar-refractivity contribution >= 4 is 17.5 Å². The summed E-state index contributed by atoms with van der Waals surface area (Å²) in [7, 11) is 2.21. The highest BCUT2D eigenvalue weighted by atomic mass is 35.5. The van der Waals surface area contributed by atoms with Crippen molar-refractivity contribution in [2.75, 3.05) is 46.4 Å². The number of carbonyl (C=O) groups is 1. The summed E-state index contributed by atoms with van der Waals surface area (Å²) in [6.45, 7) is 5.73. The summed E-state index contributed by atoms with van der Waals surface area (Å²) < 4.78 is 6.05. The van der Waals surface area contributed by atoms with Crippen LogP contribution in [0.25, 0.3) is 0 Å². The molecule has 2 saturated heterocycles. The third-order valence-electron chi connectivity index (χ3n) is 6.47. The molecule has 4 nitrogen and oxygen atoms in total. The van der Waals surface area contributed by atoms with E-state index < -0.39 is 0 Å². The molecule has 1 aliphatic carbocycles. The Bertz CT molecular complexity index is 653. The van der Waals surface area contributed by atoms with E-state index in [0.717, 1.165) is 58.2 Å². The fourth-order valence-corrected chi connectivity index (χ4v) is 4.91. The fourth-order valence-electron chi connectivity index (χ4n) is 4.72. The lowest BCUT2D eigenvalue weighted by Gasteiger charge is -2.42. The van der Waals surface area contributed by atoms with E-state index in [0.29, 0.717) is 21.9 Å². The Kier molecular flexibility index (Phi) is 5.27. The van der Waals surface area contributed by atoms with Gasteiger partial charge in [0.2, 0.25) is 0 Å². The van der Waals surface area contributed by atoms with Gasteiger partial charge in [-0.25, -0.2) is 0 Å². The Morgan fingerprint density at radius 2 is 2.04 bits per heavy atom. The number of nitrogens with zero attached hydrogens (tertiary/aromatic N) is 2. The molecule has 1 aromatic carbocycles. The van der Waals surface area contributed by atoms with Crippen molar-refractivity contribution in [3.63, 3.8) is 0 Å². The van der Waals surface area contributed by atoms with Crippen LogP contribution >= 0.6 is 11.6 Å². The first kappa shape index (κ1) is 18.3. The van der Waals surface area contributed by atoms with Gasteiger partial charge in [-0.15, -0.1) is 0 Å². The number of amides is 1. The maximum atomic E-state index is 12.8. The Morgan fingerprint density at radius 3 is 2.73 bits per heavy atom. The highest BCUT2D eigenvalue weighted by Crippen LogP contribution is 2.44. The SMILES string of the molecule is CN1CC(COCC2CC2)C2(CCN(C(=O)c3cccc(Cl)c3)CC2)C1. The average Bonchev–Trinajstić information content (AvgIpc) is 3.40. The second-order valence-electron chi connectivity index (χ2n) is 8.54. The van der Waals surface area contributed by atoms with Crippen molar-refractivity contribution in [2.24, 2.45) is 17.3 Å². The second kappa shape index (κ2) is 7.49. The van der Waals surface area contributed by atoms with Gasteiger partial charge in [-0.1, -0.05) is 17.7 Å². The third kappa shape index (κ3) is 3.92. The van der Waals surface area contributed by atoms with Crippen LogP contribution in [0.2, 0.25) is 5.02 Å². The number of hydrogen-bond donors (Lipinski definition) is 0. The molecule has 2 aliphatic heterocycles. The van der Waals surface area contributed by atoms with E-state index in [9.17, 15) is 4.79 Å². The lowest BCUT2D eigenvalue weighted by atomic mass is 9.71. The smallest absolute Gasteiger partial charge is 0.253 e. The van der Waals surface area contributed by atoms with E-state index in [1.54, 1.807) is 6.07 Å². The van der Waals surface area contributed by atoms with Gasteiger partial charge in [0.1, 0.15) is 0 Å². The zero-order valence-corrected chi connectivity index (χ0v) is 16.4. The largest absolute Gasteiger partial charge is 0.381 e. The van der Waals surface area contributed by atoms with Gasteiger partial charge in [0, 0.05) is 49.3 Å². The van der Waals surface area contributed by atoms with E-state index >= 15 is 0 Å². The number of rotatable bonds is 5. The van der Waals surface area contributed by atoms with E-state index in [1.807, 2.05) is 23.1 Å². The third-order valence-corrected chi connectivity index (χ3v) is 6.71. The Morgan fingerprint density at radius 1 is 1.27 bits per heavy atom. The van der Waals surface area contributed by atoms with Crippen molar-refractivity contribution in [2.45, 2.75) is 25.7 Å². The van der Waals surface area contributed by atoms with E-state index in [-0.39, 0.29) is 5.91 Å². The van der Waals surface area contributed by atoms with Crippen molar-refractivity contribution in [3.05, 3.63) is 34.9 Å². The predicted octanol–water partition coefficient (Wildman–Crippen LogP) is 3.55. The molecular formula is C21H29ClN2O2. The van der Waals surface area contributed by atoms with Crippen molar-refractivity contribution in [1.82, 2.24) is 9.80 Å². The normalized spacial score (nSPS) is 25.8. The first-order valence-corrected chi connectivity index (χ1v) is 10.2. The first-order chi connectivity index (χ1) is 12.6. The molecule has 1 saturated carbocycles. The zero-order chi connectivity index (χ0) is 18.1. The standard InChI is InChI=1S/C21H29ClN2O2/c1-23-12-18(14-26-13-16-5-6-16)21(15-23)7-9-24(10-8-21)20(25)17-3-2-4-19(22)11-17/h2-4,11,16,18H,5-10,12-15H2,1H3. The number of likely N-dealkylation sites (tertiary alicyclic amines) is 2. The first-order valence-electron chi connectivity index (χ1n) is 9.87. The van der Waals surface area contributed by atoms with E-state index in [2.05, 4.69) is 11.9 Å². The Hall–Kier alpha value is -1.10. The van der Waals surface area contributed by atoms with Gasteiger partial charge in [0.25, 0.3) is 5.91 Å². The predicted molar refractivity (Wildman–Crippen MR) is 104 cm³/mol. The number of ether oxygens (including phenoxy) is 1. The maximum absolute atomic E-state index is 12.8. The molecule has 0 N–H and O–H groups in total. The maximum Gasteiger partial charge on any atom is 0.253 e. The minimum absolute atomic E-state index is 0.107. The molecule has 4 rings (SSSR count). The molecule has 142 valence electrons. The molecule has 3 aliphatic rings. The van der Waals surface area contributed by atoms with Gasteiger partial charge in [-0.3, -0.25) is 4.79 Å². The number of hydrogen-bond acceptors (Lipinski definition) is 3. The monoisotopic (exact) mass is 376 g/mol. The molecule has 2 heterocycles. The Labute approximate surface area is 161 Å². The lowest BCUT2D eigenvalue weighted by Crippen LogP contribution is -2.47. The number of halogens is 1. The van der Waals surface area contributed by atoms with Gasteiger partial charge in [-0.05, 0) is 62.3 Å². The van der Waals surface area contributed by atoms with Crippen molar-refractivity contribution in [3.8, 4) is 0 Å². The van der Waals surface area contributed by atoms with Crippen LogP contribution in [0.3, 0.4) is 0 Å². The quantitative estimate of drug-likeness (QED) is 0.787. The molecule has 1 atom stereocenters. The summed E-state index contributed by atoms with van der Waals surface area (Å²) >= 11 is 6.05. The highest BCUT2D eigenvalue weighted by Gasteiger charge is 2.47. The molecule has 3 fully saturated rings. The van der Waals surface area contributed by atoms with Gasteiger partial charge in [-0.2, -0.15) is 0 Å². The van der Waals surface area contributed by atoms with Crippen LogP contribution < -0.4 is 0 Å². The Balaban J connectivity index is 1.36. The molecule has 1 amide bonds. The topological polar surface area (TPSA) is 32.8 Å². The van der Waals surface area contributed by atoms with Crippen LogP contribution in [0, 0.1) is 17.3 Å². The molecule has 0 aromatic heterocycles. The number of benzene rings is 1. The van der Waals surface area contributed by atoms with Crippen LogP contribution in [0.15, 0.2) is 24.3 Å². The molecule has 26 heavy (non-hydrogen) atoms. The van der Waals surface area contributed by atoms with Crippen LogP contribution in [0.1, 0.15) is 36.0 Å². The second-order valence-corrected chi connectivity index (χ2v) is 8.98. The summed E-state index contributed by atoms with van der Waals surface area (Å²) in [5, 5.41) is 0.620. The number of piperidine rings is 1. The van der Waals surface area contributed by atoms with Crippen LogP contribution in [0.5, 0.6) is 0 Å². The summed E-state index contributed by atoms with van der Waals surface area (Å²) in [5.74, 6) is 1.52. The summed E-state index contributed by atoms with van der Waals surface area (Å²) in [6, 6.07) is 7.28. The van der Waals surface area contributed by atoms with Crippen molar-refractivity contribution in [1.29, 1.82) is 0 Å². The summed E-state index contributed by atoms with van der Waals surface area (Å²) in [4.78, 5) is 17.2. The van der Waals surface area contributed by atoms with Gasteiger partial charge in [0.15, 0.2) is 0 Å². The van der Waals surface area contributed by atoms with Crippen LogP contribution in [-0.2, 0) is 4.74 Å². The lowest BCUT2D eigenvalue weighted by molar-refractivity contribution is 0.0180. The van der Waals surface area contributed by atoms with E-state index in [1.165, 1.54) is 12.8 Å². The molecule has 0 radical (unpaired) electrons. The van der Waals surface area contributed by atoms with E-state index in [4.69, 9.17) is 16.3 Å². The fraction of sp³-hybridized carbons (Fsp3) is 0.667. The summed E-state index contributed by atoms with van der Waals surface area (Å²) in [6.07, 6.45) is 4.83. The van der Waals surface area contributed by atoms with Gasteiger partial charge in [0.05, 0.1) is 6.61 Å². The highest BCUT2D eigenvalue weighted by molar-refractivity contribution is 6.30. The van der Waals surface area contributed by atoms with Gasteiger partial charge >= 0.3 is 0 Å². The number of carbonyl (C=O) groups excluding carboxylic acids is 1. The molecule has 1 spiro atoms. The molecular weight excluding hydrogens is 348 g/mol. The van der Waals surface area contributed by atoms with Gasteiger partial charge < -0.3 is 14.5 Å².